The third-order valence-electron chi connectivity index (χ3n) is 8.82. The van der Waals surface area contributed by atoms with Crippen molar-refractivity contribution in [3.63, 3.8) is 0 Å². The predicted molar refractivity (Wildman–Crippen MR) is 155 cm³/mol. The Morgan fingerprint density at radius 2 is 1.68 bits per heavy atom. The van der Waals surface area contributed by atoms with Crippen molar-refractivity contribution in [1.29, 1.82) is 0 Å². The van der Waals surface area contributed by atoms with E-state index in [9.17, 15) is 0 Å². The van der Waals surface area contributed by atoms with Crippen LogP contribution in [0, 0.1) is 6.92 Å². The number of nitrogens with one attached hydrogen (secondary N) is 2. The van der Waals surface area contributed by atoms with Gasteiger partial charge in [-0.2, -0.15) is 9.97 Å². The molecule has 0 unspecified atom stereocenters. The van der Waals surface area contributed by atoms with Crippen molar-refractivity contribution in [2.24, 2.45) is 5.73 Å². The first kappa shape index (κ1) is 25.8. The van der Waals surface area contributed by atoms with E-state index in [-0.39, 0.29) is 0 Å². The van der Waals surface area contributed by atoms with Crippen LogP contribution < -0.4 is 16.4 Å². The fourth-order valence-electron chi connectivity index (χ4n) is 6.40. The zero-order chi connectivity index (χ0) is 26.1. The lowest BCUT2D eigenvalue weighted by Crippen LogP contribution is -2.39. The average molecular weight is 537 g/mol. The molecule has 1 saturated heterocycles. The standard InChI is InChI=1S/C29H41ClN8/c1-19-6-7-20(16-25(19)30)17-37-14-12-23(13-15-37)33-27-26-28(38(18-32-26)24-4-2-3-5-24)36-29(35-27)34-22-10-8-21(31)9-11-22/h6-7,16,18,21-24H,2-5,8-15,17,31H2,1H3,(H2,33,34,35,36). The smallest absolute Gasteiger partial charge is 0.227 e. The van der Waals surface area contributed by atoms with Gasteiger partial charge >= 0.3 is 0 Å². The van der Waals surface area contributed by atoms with E-state index >= 15 is 0 Å². The number of likely N-dealkylation sites (tertiary alicyclic amines) is 1. The highest BCUT2D eigenvalue weighted by Crippen LogP contribution is 2.34. The third-order valence-corrected chi connectivity index (χ3v) is 9.22. The molecule has 0 amide bonds. The van der Waals surface area contributed by atoms with Crippen LogP contribution in [0.15, 0.2) is 24.5 Å². The largest absolute Gasteiger partial charge is 0.365 e. The molecule has 2 aliphatic carbocycles. The van der Waals surface area contributed by atoms with Gasteiger partial charge in [-0.3, -0.25) is 4.90 Å². The highest BCUT2D eigenvalue weighted by molar-refractivity contribution is 6.31. The van der Waals surface area contributed by atoms with Crippen LogP contribution >= 0.6 is 11.6 Å². The normalized spacial score (nSPS) is 23.8. The van der Waals surface area contributed by atoms with Crippen molar-refractivity contribution in [2.45, 2.75) is 102 Å². The number of aromatic nitrogens is 4. The lowest BCUT2D eigenvalue weighted by Gasteiger charge is -2.33. The second kappa shape index (κ2) is 11.4. The number of hydrogen-bond donors (Lipinski definition) is 3. The molecule has 1 aromatic carbocycles. The number of hydrogen-bond acceptors (Lipinski definition) is 7. The van der Waals surface area contributed by atoms with Crippen molar-refractivity contribution >= 4 is 34.5 Å². The summed E-state index contributed by atoms with van der Waals surface area (Å²) in [5.41, 5.74) is 10.4. The molecular weight excluding hydrogens is 496 g/mol. The molecule has 38 heavy (non-hydrogen) atoms. The molecule has 1 aliphatic heterocycles. The number of nitrogens with zero attached hydrogens (tertiary/aromatic N) is 5. The first-order valence-corrected chi connectivity index (χ1v) is 14.9. The maximum absolute atomic E-state index is 6.36. The zero-order valence-electron chi connectivity index (χ0n) is 22.5. The van der Waals surface area contributed by atoms with Gasteiger partial charge in [-0.15, -0.1) is 0 Å². The lowest BCUT2D eigenvalue weighted by molar-refractivity contribution is 0.211. The maximum atomic E-state index is 6.36. The number of halogens is 1. The fourth-order valence-corrected chi connectivity index (χ4v) is 6.60. The van der Waals surface area contributed by atoms with E-state index in [2.05, 4.69) is 45.2 Å². The molecule has 0 spiro atoms. The van der Waals surface area contributed by atoms with Gasteiger partial charge in [-0.05, 0) is 75.5 Å². The van der Waals surface area contributed by atoms with E-state index in [0.717, 1.165) is 85.7 Å². The minimum atomic E-state index is 0.325. The Morgan fingerprint density at radius 3 is 2.42 bits per heavy atom. The SMILES string of the molecule is Cc1ccc(CN2CCC(Nc3nc(NC4CCC(N)CC4)nc4c3ncn4C3CCCC3)CC2)cc1Cl. The molecule has 6 rings (SSSR count). The Morgan fingerprint density at radius 1 is 0.947 bits per heavy atom. The van der Waals surface area contributed by atoms with Crippen LogP contribution in [0.1, 0.15) is 81.4 Å². The van der Waals surface area contributed by atoms with Crippen molar-refractivity contribution in [3.05, 3.63) is 40.7 Å². The first-order chi connectivity index (χ1) is 18.5. The lowest BCUT2D eigenvalue weighted by atomic mass is 9.92. The first-order valence-electron chi connectivity index (χ1n) is 14.5. The van der Waals surface area contributed by atoms with Gasteiger partial charge in [0.25, 0.3) is 0 Å². The molecule has 3 heterocycles. The Balaban J connectivity index is 1.17. The van der Waals surface area contributed by atoms with Crippen LogP contribution in [-0.2, 0) is 6.54 Å². The van der Waals surface area contributed by atoms with Gasteiger partial charge in [-0.25, -0.2) is 4.98 Å². The second-order valence-electron chi connectivity index (χ2n) is 11.7. The van der Waals surface area contributed by atoms with Crippen LogP contribution in [-0.4, -0.2) is 55.6 Å². The van der Waals surface area contributed by atoms with Crippen LogP contribution in [0.5, 0.6) is 0 Å². The monoisotopic (exact) mass is 536 g/mol. The predicted octanol–water partition coefficient (Wildman–Crippen LogP) is 5.66. The Labute approximate surface area is 230 Å². The molecule has 3 aliphatic rings. The van der Waals surface area contributed by atoms with Crippen LogP contribution in [0.25, 0.3) is 11.2 Å². The molecule has 2 saturated carbocycles. The molecule has 0 radical (unpaired) electrons. The molecule has 2 aromatic heterocycles. The minimum absolute atomic E-state index is 0.325. The van der Waals surface area contributed by atoms with E-state index in [1.807, 2.05) is 6.33 Å². The van der Waals surface area contributed by atoms with Gasteiger partial charge in [0.05, 0.1) is 6.33 Å². The topological polar surface area (TPSA) is 96.9 Å². The fraction of sp³-hybridized carbons (Fsp3) is 0.621. The molecule has 204 valence electrons. The van der Waals surface area contributed by atoms with Gasteiger partial charge in [0.15, 0.2) is 17.0 Å². The summed E-state index contributed by atoms with van der Waals surface area (Å²) in [4.78, 5) is 17.3. The van der Waals surface area contributed by atoms with Crippen LogP contribution in [0.4, 0.5) is 11.8 Å². The number of imidazole rings is 1. The van der Waals surface area contributed by atoms with Gasteiger partial charge in [0, 0.05) is 48.8 Å². The number of aryl methyl sites for hydroxylation is 1. The van der Waals surface area contributed by atoms with Gasteiger partial charge in [0.1, 0.15) is 0 Å². The zero-order valence-corrected chi connectivity index (χ0v) is 23.3. The molecule has 0 atom stereocenters. The molecule has 0 bridgehead atoms. The molecule has 3 fully saturated rings. The summed E-state index contributed by atoms with van der Waals surface area (Å²) in [5, 5.41) is 8.27. The summed E-state index contributed by atoms with van der Waals surface area (Å²) in [5.74, 6) is 1.58. The van der Waals surface area contributed by atoms with Gasteiger partial charge in [-0.1, -0.05) is 36.6 Å². The van der Waals surface area contributed by atoms with Crippen molar-refractivity contribution in [3.8, 4) is 0 Å². The highest BCUT2D eigenvalue weighted by Gasteiger charge is 2.26. The number of anilines is 2. The molecule has 3 aromatic rings. The summed E-state index contributed by atoms with van der Waals surface area (Å²) >= 11 is 6.36. The van der Waals surface area contributed by atoms with Crippen molar-refractivity contribution < 1.29 is 0 Å². The highest BCUT2D eigenvalue weighted by atomic mass is 35.5. The molecule has 4 N–H and O–H groups in total. The van der Waals surface area contributed by atoms with E-state index in [4.69, 9.17) is 32.3 Å². The summed E-state index contributed by atoms with van der Waals surface area (Å²) in [6.45, 7) is 5.08. The molecule has 8 nitrogen and oxygen atoms in total. The summed E-state index contributed by atoms with van der Waals surface area (Å²) < 4.78 is 2.30. The quantitative estimate of drug-likeness (QED) is 0.358. The summed E-state index contributed by atoms with van der Waals surface area (Å²) in [7, 11) is 0. The third kappa shape index (κ3) is 5.77. The van der Waals surface area contributed by atoms with Crippen LogP contribution in [0.2, 0.25) is 5.02 Å². The van der Waals surface area contributed by atoms with E-state index in [1.165, 1.54) is 31.2 Å². The average Bonchev–Trinajstić information content (AvgIpc) is 3.59. The Bertz CT molecular complexity index is 1240. The van der Waals surface area contributed by atoms with Crippen molar-refractivity contribution in [1.82, 2.24) is 24.4 Å². The Kier molecular flexibility index (Phi) is 7.73. The van der Waals surface area contributed by atoms with Crippen molar-refractivity contribution in [2.75, 3.05) is 23.7 Å². The van der Waals surface area contributed by atoms with E-state index < -0.39 is 0 Å². The molecular formula is C29H41ClN8. The van der Waals surface area contributed by atoms with Gasteiger partial charge in [0.2, 0.25) is 5.95 Å². The number of nitrogens with two attached hydrogens (primary N) is 1. The number of fused-ring (bicyclic) bond motifs is 1. The summed E-state index contributed by atoms with van der Waals surface area (Å²) in [6, 6.07) is 7.97. The number of rotatable bonds is 7. The second-order valence-corrected chi connectivity index (χ2v) is 12.1. The minimum Gasteiger partial charge on any atom is -0.365 e. The number of piperidine rings is 1. The van der Waals surface area contributed by atoms with Crippen LogP contribution in [0.3, 0.4) is 0 Å². The van der Waals surface area contributed by atoms with Gasteiger partial charge < -0.3 is 20.9 Å². The van der Waals surface area contributed by atoms with E-state index in [1.54, 1.807) is 0 Å². The van der Waals surface area contributed by atoms with E-state index in [0.29, 0.717) is 30.1 Å². The maximum Gasteiger partial charge on any atom is 0.227 e. The Hall–Kier alpha value is -2.42. The number of benzene rings is 1. The summed E-state index contributed by atoms with van der Waals surface area (Å²) in [6.07, 6.45) is 13.3. The molecule has 9 heteroatoms.